The van der Waals surface area contributed by atoms with Gasteiger partial charge in [0.2, 0.25) is 11.8 Å². The Hall–Kier alpha value is -0.300. The Labute approximate surface area is 274 Å². The summed E-state index contributed by atoms with van der Waals surface area (Å²) in [5.74, 6) is -15.5. The van der Waals surface area contributed by atoms with Gasteiger partial charge in [-0.3, -0.25) is 19.2 Å². The van der Waals surface area contributed by atoms with E-state index in [0.29, 0.717) is 0 Å². The Morgan fingerprint density at radius 3 is 1.36 bits per heavy atom. The van der Waals surface area contributed by atoms with E-state index < -0.39 is 127 Å². The Kier molecular flexibility index (Phi) is 12.1. The van der Waals surface area contributed by atoms with Crippen LogP contribution in [-0.4, -0.2) is 103 Å². The van der Waals surface area contributed by atoms with Crippen LogP contribution in [-0.2, 0) is 19.2 Å². The fourth-order valence-corrected chi connectivity index (χ4v) is 9.97. The smallest absolute Gasteiger partial charge is 0.308 e. The first kappa shape index (κ1) is 36.2. The maximum absolute atomic E-state index is 15.0. The first-order valence-electron chi connectivity index (χ1n) is 12.8. The van der Waals surface area contributed by atoms with Crippen LogP contribution in [0.4, 0.5) is 13.2 Å². The fourth-order valence-electron chi connectivity index (χ4n) is 6.42. The van der Waals surface area contributed by atoms with Crippen molar-refractivity contribution in [3.63, 3.8) is 0 Å². The number of carboxylic acids is 2. The largest absolute Gasteiger partial charge is 0.481 e. The monoisotopic (exact) mass is 742 g/mol. The standard InChI is InChI=1S/C24H28Cl7F3N2O6/c1-3-17(32)16(31)19(34)20(18(3)33)36-22(38)7-9(24(41)42)15(30)13(28)5(11(7)26)4-10(25)6(21(37)35-2)8(23(39)40)14(29)12(4)27/h3-20H,1-2H3,(H,35,37)(H,36,38)(H,39,40)(H,41,42). The maximum atomic E-state index is 15.0. The van der Waals surface area contributed by atoms with Gasteiger partial charge in [-0.25, -0.2) is 13.2 Å². The van der Waals surface area contributed by atoms with Gasteiger partial charge in [0, 0.05) is 13.0 Å². The minimum Gasteiger partial charge on any atom is -0.481 e. The molecule has 18 unspecified atom stereocenters. The highest BCUT2D eigenvalue weighted by atomic mass is 35.5. The van der Waals surface area contributed by atoms with E-state index in [2.05, 4.69) is 10.6 Å². The summed E-state index contributed by atoms with van der Waals surface area (Å²) in [4.78, 5) is 50.7. The fraction of sp³-hybridized carbons (Fsp3) is 0.833. The van der Waals surface area contributed by atoms with E-state index in [1.54, 1.807) is 0 Å². The van der Waals surface area contributed by atoms with Crippen molar-refractivity contribution in [2.45, 2.75) is 69.1 Å². The molecule has 2 amide bonds. The lowest BCUT2D eigenvalue weighted by atomic mass is 9.61. The molecular weight excluding hydrogens is 717 g/mol. The number of alkyl halides is 10. The van der Waals surface area contributed by atoms with E-state index in [4.69, 9.17) is 81.2 Å². The van der Waals surface area contributed by atoms with Gasteiger partial charge in [-0.2, -0.15) is 0 Å². The minimum absolute atomic E-state index is 0.786. The average molecular weight is 746 g/mol. The molecule has 42 heavy (non-hydrogen) atoms. The van der Waals surface area contributed by atoms with E-state index in [1.807, 2.05) is 0 Å². The van der Waals surface area contributed by atoms with Crippen LogP contribution in [0.25, 0.3) is 0 Å². The van der Waals surface area contributed by atoms with Crippen LogP contribution < -0.4 is 10.6 Å². The SMILES string of the molecule is CNC(=O)C1C(Cl)C(C2C(Cl)C(Cl)C(C(=O)O)C(C(=O)NC3C(F)C(C)C(F)C(Cl)C3F)C2Cl)C(Cl)C(Cl)C1C(=O)O. The second-order valence-corrected chi connectivity index (χ2v) is 14.4. The normalized spacial score (nSPS) is 49.5. The van der Waals surface area contributed by atoms with Crippen molar-refractivity contribution in [3.8, 4) is 0 Å². The summed E-state index contributed by atoms with van der Waals surface area (Å²) in [5.41, 5.74) is 0. The molecule has 0 radical (unpaired) electrons. The van der Waals surface area contributed by atoms with Gasteiger partial charge in [-0.15, -0.1) is 81.2 Å². The number of aliphatic carboxylic acids is 2. The third-order valence-corrected chi connectivity index (χ3v) is 12.8. The Morgan fingerprint density at radius 2 is 0.976 bits per heavy atom. The Balaban J connectivity index is 2.04. The molecule has 0 heterocycles. The number of halogens is 10. The summed E-state index contributed by atoms with van der Waals surface area (Å²) in [6, 6.07) is -1.95. The summed E-state index contributed by atoms with van der Waals surface area (Å²) in [7, 11) is 1.25. The van der Waals surface area contributed by atoms with E-state index in [1.165, 1.54) is 7.05 Å². The molecule has 3 saturated carbocycles. The van der Waals surface area contributed by atoms with Crippen molar-refractivity contribution in [3.05, 3.63) is 0 Å². The van der Waals surface area contributed by atoms with Crippen LogP contribution in [0.2, 0.25) is 0 Å². The van der Waals surface area contributed by atoms with Crippen molar-refractivity contribution in [1.29, 1.82) is 0 Å². The first-order chi connectivity index (χ1) is 19.4. The van der Waals surface area contributed by atoms with Gasteiger partial charge < -0.3 is 20.8 Å². The Morgan fingerprint density at radius 1 is 0.571 bits per heavy atom. The van der Waals surface area contributed by atoms with Crippen molar-refractivity contribution < 1.29 is 42.6 Å². The molecule has 0 aromatic rings. The Bertz CT molecular complexity index is 1050. The number of amides is 2. The van der Waals surface area contributed by atoms with Crippen LogP contribution in [0.3, 0.4) is 0 Å². The number of carbonyl (C=O) groups excluding carboxylic acids is 2. The van der Waals surface area contributed by atoms with E-state index in [-0.39, 0.29) is 0 Å². The number of carbonyl (C=O) groups is 4. The third-order valence-electron chi connectivity index (χ3n) is 8.70. The predicted molar refractivity (Wildman–Crippen MR) is 154 cm³/mol. The van der Waals surface area contributed by atoms with E-state index >= 15 is 4.39 Å². The molecule has 0 aromatic heterocycles. The van der Waals surface area contributed by atoms with Gasteiger partial charge in [0.25, 0.3) is 0 Å². The average Bonchev–Trinajstić information content (AvgIpc) is 2.93. The highest BCUT2D eigenvalue weighted by Gasteiger charge is 2.63. The van der Waals surface area contributed by atoms with E-state index in [0.717, 1.165) is 6.92 Å². The number of nitrogens with one attached hydrogen (secondary N) is 2. The molecule has 8 nitrogen and oxygen atoms in total. The second kappa shape index (κ2) is 14.0. The quantitative estimate of drug-likeness (QED) is 0.304. The van der Waals surface area contributed by atoms with Crippen LogP contribution in [0.1, 0.15) is 6.92 Å². The molecule has 0 aromatic carbocycles. The van der Waals surface area contributed by atoms with Crippen LogP contribution in [0.5, 0.6) is 0 Å². The highest BCUT2D eigenvalue weighted by molar-refractivity contribution is 6.35. The molecule has 3 rings (SSSR count). The number of hydrogen-bond donors (Lipinski definition) is 4. The molecule has 4 N–H and O–H groups in total. The first-order valence-corrected chi connectivity index (χ1v) is 15.9. The molecular formula is C24H28Cl7F3N2O6. The zero-order valence-electron chi connectivity index (χ0n) is 21.7. The number of hydrogen-bond acceptors (Lipinski definition) is 4. The van der Waals surface area contributed by atoms with Crippen molar-refractivity contribution in [2.24, 2.45) is 41.4 Å². The van der Waals surface area contributed by atoms with Crippen LogP contribution in [0.15, 0.2) is 0 Å². The van der Waals surface area contributed by atoms with Crippen molar-refractivity contribution in [2.75, 3.05) is 7.05 Å². The van der Waals surface area contributed by atoms with E-state index in [9.17, 15) is 38.2 Å². The lowest BCUT2D eigenvalue weighted by Gasteiger charge is -2.52. The van der Waals surface area contributed by atoms with Gasteiger partial charge in [-0.05, 0) is 11.8 Å². The summed E-state index contributed by atoms with van der Waals surface area (Å²) < 4.78 is 44.2. The molecule has 18 atom stereocenters. The molecule has 0 bridgehead atoms. The van der Waals surface area contributed by atoms with Crippen LogP contribution >= 0.6 is 81.2 Å². The van der Waals surface area contributed by atoms with Crippen molar-refractivity contribution in [1.82, 2.24) is 10.6 Å². The maximum Gasteiger partial charge on any atom is 0.308 e. The van der Waals surface area contributed by atoms with Gasteiger partial charge in [0.05, 0.1) is 67.4 Å². The summed E-state index contributed by atoms with van der Waals surface area (Å²) >= 11 is 45.5. The lowest BCUT2D eigenvalue weighted by Crippen LogP contribution is -2.66. The lowest BCUT2D eigenvalue weighted by molar-refractivity contribution is -0.151. The van der Waals surface area contributed by atoms with Crippen LogP contribution in [0, 0.1) is 41.4 Å². The molecule has 3 aliphatic rings. The molecule has 18 heteroatoms. The second-order valence-electron chi connectivity index (χ2n) is 10.9. The predicted octanol–water partition coefficient (Wildman–Crippen LogP) is 4.03. The molecule has 0 aliphatic heterocycles. The highest BCUT2D eigenvalue weighted by Crippen LogP contribution is 2.54. The zero-order chi connectivity index (χ0) is 32.1. The van der Waals surface area contributed by atoms with Gasteiger partial charge in [0.15, 0.2) is 0 Å². The van der Waals surface area contributed by atoms with Gasteiger partial charge in [0.1, 0.15) is 18.5 Å². The molecule has 3 fully saturated rings. The zero-order valence-corrected chi connectivity index (χ0v) is 27.0. The minimum atomic E-state index is -2.38. The third kappa shape index (κ3) is 6.23. The topological polar surface area (TPSA) is 133 Å². The van der Waals surface area contributed by atoms with Gasteiger partial charge in [-0.1, -0.05) is 6.92 Å². The molecule has 3 aliphatic carbocycles. The van der Waals surface area contributed by atoms with Crippen molar-refractivity contribution >= 4 is 105 Å². The summed E-state index contributed by atoms with van der Waals surface area (Å²) in [6.07, 6.45) is -6.66. The molecule has 0 spiro atoms. The summed E-state index contributed by atoms with van der Waals surface area (Å²) in [6.45, 7) is 1.14. The summed E-state index contributed by atoms with van der Waals surface area (Å²) in [5, 5.41) is 13.8. The molecule has 240 valence electrons. The number of carboxylic acid groups (broad SMARTS) is 2. The molecule has 0 saturated heterocycles. The van der Waals surface area contributed by atoms with Gasteiger partial charge >= 0.3 is 11.9 Å². The number of rotatable bonds is 6.